The first-order chi connectivity index (χ1) is 9.43. The summed E-state index contributed by atoms with van der Waals surface area (Å²) in [7, 11) is 0. The van der Waals surface area contributed by atoms with Crippen LogP contribution in [0.25, 0.3) is 0 Å². The van der Waals surface area contributed by atoms with Gasteiger partial charge in [-0.25, -0.2) is 4.79 Å². The number of aliphatic carboxylic acids is 1. The molecule has 0 aliphatic heterocycles. The minimum atomic E-state index is -0.857. The van der Waals surface area contributed by atoms with Gasteiger partial charge < -0.3 is 15.3 Å². The third-order valence-electron chi connectivity index (χ3n) is 3.58. The molecule has 1 aliphatic carbocycles. The van der Waals surface area contributed by atoms with Gasteiger partial charge in [0.05, 0.1) is 6.42 Å². The van der Waals surface area contributed by atoms with E-state index in [2.05, 4.69) is 19.2 Å². The van der Waals surface area contributed by atoms with Crippen molar-refractivity contribution in [2.75, 3.05) is 6.54 Å². The van der Waals surface area contributed by atoms with E-state index < -0.39 is 5.97 Å². The molecule has 0 heterocycles. The van der Waals surface area contributed by atoms with Gasteiger partial charge in [-0.15, -0.1) is 0 Å². The minimum absolute atomic E-state index is 0.00225. The largest absolute Gasteiger partial charge is 0.481 e. The van der Waals surface area contributed by atoms with Crippen LogP contribution in [0.4, 0.5) is 4.79 Å². The Morgan fingerprint density at radius 3 is 2.40 bits per heavy atom. The Hall–Kier alpha value is -1.26. The molecule has 20 heavy (non-hydrogen) atoms. The van der Waals surface area contributed by atoms with Gasteiger partial charge in [0.2, 0.25) is 0 Å². The van der Waals surface area contributed by atoms with Crippen molar-refractivity contribution in [3.8, 4) is 0 Å². The fraction of sp³-hybridized carbons (Fsp3) is 0.867. The Morgan fingerprint density at radius 1 is 1.30 bits per heavy atom. The minimum Gasteiger partial charge on any atom is -0.481 e. The summed E-state index contributed by atoms with van der Waals surface area (Å²) in [6, 6.07) is 0.0130. The number of amides is 2. The van der Waals surface area contributed by atoms with E-state index in [9.17, 15) is 9.59 Å². The van der Waals surface area contributed by atoms with Gasteiger partial charge in [0.25, 0.3) is 0 Å². The lowest BCUT2D eigenvalue weighted by Crippen LogP contribution is -2.47. The Bertz CT molecular complexity index is 327. The van der Waals surface area contributed by atoms with E-state index in [1.165, 1.54) is 0 Å². The van der Waals surface area contributed by atoms with Crippen LogP contribution in [-0.2, 0) is 4.79 Å². The maximum Gasteiger partial charge on any atom is 0.317 e. The summed E-state index contributed by atoms with van der Waals surface area (Å²) in [5, 5.41) is 11.8. The Labute approximate surface area is 121 Å². The van der Waals surface area contributed by atoms with Gasteiger partial charge in [0, 0.05) is 18.6 Å². The van der Waals surface area contributed by atoms with Crippen molar-refractivity contribution in [2.45, 2.75) is 71.4 Å². The number of carboxylic acid groups (broad SMARTS) is 1. The fourth-order valence-corrected chi connectivity index (χ4v) is 2.28. The van der Waals surface area contributed by atoms with Crippen molar-refractivity contribution in [1.29, 1.82) is 0 Å². The summed E-state index contributed by atoms with van der Waals surface area (Å²) >= 11 is 0. The highest BCUT2D eigenvalue weighted by atomic mass is 16.4. The van der Waals surface area contributed by atoms with Crippen LogP contribution in [0.2, 0.25) is 0 Å². The zero-order chi connectivity index (χ0) is 15.1. The van der Waals surface area contributed by atoms with Gasteiger partial charge in [0.15, 0.2) is 0 Å². The van der Waals surface area contributed by atoms with Crippen LogP contribution < -0.4 is 5.32 Å². The van der Waals surface area contributed by atoms with E-state index in [1.54, 1.807) is 0 Å². The number of carboxylic acids is 1. The molecule has 2 amide bonds. The zero-order valence-corrected chi connectivity index (χ0v) is 12.9. The summed E-state index contributed by atoms with van der Waals surface area (Å²) in [5.41, 5.74) is 0. The van der Waals surface area contributed by atoms with E-state index >= 15 is 0 Å². The highest BCUT2D eigenvalue weighted by Crippen LogP contribution is 2.27. The molecule has 1 saturated carbocycles. The smallest absolute Gasteiger partial charge is 0.317 e. The van der Waals surface area contributed by atoms with Crippen molar-refractivity contribution < 1.29 is 14.7 Å². The lowest BCUT2D eigenvalue weighted by atomic mass is 10.1. The van der Waals surface area contributed by atoms with Crippen LogP contribution in [0.5, 0.6) is 0 Å². The maximum absolute atomic E-state index is 12.3. The average molecular weight is 284 g/mol. The van der Waals surface area contributed by atoms with Gasteiger partial charge in [0.1, 0.15) is 0 Å². The normalized spacial score (nSPS) is 16.0. The van der Waals surface area contributed by atoms with Gasteiger partial charge in [-0.2, -0.15) is 0 Å². The quantitative estimate of drug-likeness (QED) is 0.684. The first kappa shape index (κ1) is 16.8. The number of nitrogens with one attached hydrogen (secondary N) is 1. The summed E-state index contributed by atoms with van der Waals surface area (Å²) in [6.07, 6.45) is 4.71. The van der Waals surface area contributed by atoms with Crippen LogP contribution in [0.1, 0.15) is 59.3 Å². The molecular formula is C15H28N2O3. The van der Waals surface area contributed by atoms with Crippen molar-refractivity contribution in [3.05, 3.63) is 0 Å². The highest BCUT2D eigenvalue weighted by Gasteiger charge is 2.33. The second-order valence-electron chi connectivity index (χ2n) is 6.14. The van der Waals surface area contributed by atoms with E-state index in [4.69, 9.17) is 5.11 Å². The van der Waals surface area contributed by atoms with Crippen molar-refractivity contribution in [1.82, 2.24) is 10.2 Å². The van der Waals surface area contributed by atoms with Crippen LogP contribution in [0.3, 0.4) is 0 Å². The molecule has 1 fully saturated rings. The number of nitrogens with zero attached hydrogens (tertiary/aromatic N) is 1. The van der Waals surface area contributed by atoms with E-state index in [0.717, 1.165) is 32.2 Å². The molecule has 0 aromatic heterocycles. The summed E-state index contributed by atoms with van der Waals surface area (Å²) in [4.78, 5) is 25.1. The topological polar surface area (TPSA) is 69.6 Å². The molecule has 5 nitrogen and oxygen atoms in total. The van der Waals surface area contributed by atoms with Crippen LogP contribution >= 0.6 is 0 Å². The number of urea groups is 1. The third-order valence-corrected chi connectivity index (χ3v) is 3.58. The lowest BCUT2D eigenvalue weighted by Gasteiger charge is -2.26. The molecule has 1 aliphatic rings. The molecule has 1 rings (SSSR count). The van der Waals surface area contributed by atoms with Crippen LogP contribution in [0, 0.1) is 5.92 Å². The van der Waals surface area contributed by atoms with Gasteiger partial charge in [-0.3, -0.25) is 4.79 Å². The van der Waals surface area contributed by atoms with E-state index in [1.807, 2.05) is 11.8 Å². The molecule has 0 bridgehead atoms. The van der Waals surface area contributed by atoms with Crippen LogP contribution in [0.15, 0.2) is 0 Å². The third kappa shape index (κ3) is 6.26. The Balaban J connectivity index is 2.51. The molecule has 5 heteroatoms. The number of carbonyl (C=O) groups is 2. The zero-order valence-electron chi connectivity index (χ0n) is 12.9. The summed E-state index contributed by atoms with van der Waals surface area (Å²) < 4.78 is 0. The first-order valence-electron chi connectivity index (χ1n) is 7.73. The molecule has 0 saturated heterocycles. The second kappa shape index (κ2) is 8.12. The fourth-order valence-electron chi connectivity index (χ4n) is 2.28. The van der Waals surface area contributed by atoms with E-state index in [-0.39, 0.29) is 18.5 Å². The molecule has 1 unspecified atom stereocenters. The van der Waals surface area contributed by atoms with Gasteiger partial charge >= 0.3 is 12.0 Å². The standard InChI is InChI=1S/C15H28N2O3/c1-4-5-12(10-14(18)19)16-15(20)17(13-6-7-13)9-8-11(2)3/h11-13H,4-10H2,1-3H3,(H,16,20)(H,18,19). The second-order valence-corrected chi connectivity index (χ2v) is 6.14. The summed E-state index contributed by atoms with van der Waals surface area (Å²) in [6.45, 7) is 7.05. The number of rotatable bonds is 9. The molecule has 1 atom stereocenters. The van der Waals surface area contributed by atoms with Crippen molar-refractivity contribution in [2.24, 2.45) is 5.92 Å². The average Bonchev–Trinajstić information content (AvgIpc) is 3.12. The molecular weight excluding hydrogens is 256 g/mol. The monoisotopic (exact) mass is 284 g/mol. The van der Waals surface area contributed by atoms with Crippen LogP contribution in [-0.4, -0.2) is 40.6 Å². The number of hydrogen-bond acceptors (Lipinski definition) is 2. The Kier molecular flexibility index (Phi) is 6.82. The Morgan fingerprint density at radius 2 is 1.95 bits per heavy atom. The molecule has 2 N–H and O–H groups in total. The predicted octanol–water partition coefficient (Wildman–Crippen LogP) is 2.85. The molecule has 0 spiro atoms. The first-order valence-corrected chi connectivity index (χ1v) is 7.73. The van der Waals surface area contributed by atoms with Crippen molar-refractivity contribution >= 4 is 12.0 Å². The molecule has 0 aromatic carbocycles. The lowest BCUT2D eigenvalue weighted by molar-refractivity contribution is -0.137. The highest BCUT2D eigenvalue weighted by molar-refractivity contribution is 5.76. The summed E-state index contributed by atoms with van der Waals surface area (Å²) in [5.74, 6) is -0.293. The van der Waals surface area contributed by atoms with E-state index in [0.29, 0.717) is 18.4 Å². The molecule has 116 valence electrons. The van der Waals surface area contributed by atoms with Gasteiger partial charge in [-0.05, 0) is 31.6 Å². The predicted molar refractivity (Wildman–Crippen MR) is 78.7 cm³/mol. The van der Waals surface area contributed by atoms with Gasteiger partial charge in [-0.1, -0.05) is 27.2 Å². The molecule has 0 radical (unpaired) electrons. The number of carbonyl (C=O) groups excluding carboxylic acids is 1. The molecule has 0 aromatic rings. The SMILES string of the molecule is CCCC(CC(=O)O)NC(=O)N(CCC(C)C)C1CC1. The van der Waals surface area contributed by atoms with Crippen molar-refractivity contribution in [3.63, 3.8) is 0 Å². The number of hydrogen-bond donors (Lipinski definition) is 2. The maximum atomic E-state index is 12.3.